The zero-order chi connectivity index (χ0) is 15.8. The maximum absolute atomic E-state index is 11.9. The summed E-state index contributed by atoms with van der Waals surface area (Å²) in [5.41, 5.74) is 6.04. The highest BCUT2D eigenvalue weighted by Gasteiger charge is 2.13. The van der Waals surface area contributed by atoms with Crippen LogP contribution < -0.4 is 11.1 Å². The Kier molecular flexibility index (Phi) is 6.36. The van der Waals surface area contributed by atoms with Crippen LogP contribution in [0.4, 0.5) is 0 Å². The van der Waals surface area contributed by atoms with E-state index in [4.69, 9.17) is 15.2 Å². The van der Waals surface area contributed by atoms with Gasteiger partial charge >= 0.3 is 0 Å². The van der Waals surface area contributed by atoms with Gasteiger partial charge in [-0.1, -0.05) is 0 Å². The number of carbonyl (C=O) groups excluding carboxylic acids is 2. The van der Waals surface area contributed by atoms with Crippen LogP contribution >= 0.6 is 0 Å². The molecule has 0 aromatic heterocycles. The number of benzene rings is 1. The van der Waals surface area contributed by atoms with Crippen LogP contribution in [-0.2, 0) is 9.47 Å². The van der Waals surface area contributed by atoms with E-state index in [0.29, 0.717) is 24.3 Å². The Morgan fingerprint density at radius 3 is 2.59 bits per heavy atom. The molecule has 2 rings (SSSR count). The lowest BCUT2D eigenvalue weighted by atomic mass is 10.1. The maximum Gasteiger partial charge on any atom is 0.251 e. The number of primary amides is 1. The monoisotopic (exact) mass is 306 g/mol. The standard InChI is InChI=1S/C16H22N2O4/c17-15(19)12-5-7-13(8-6-12)16(20)18-9-3-11-22-14-4-1-2-10-21-14/h5-8,14H,1-4,9-11H2,(H2,17,19)(H,18,20)/t14-/m1/s1. The van der Waals surface area contributed by atoms with E-state index in [-0.39, 0.29) is 12.2 Å². The summed E-state index contributed by atoms with van der Waals surface area (Å²) in [6, 6.07) is 6.26. The largest absolute Gasteiger partial charge is 0.366 e. The molecule has 2 amide bonds. The number of nitrogens with one attached hydrogen (secondary N) is 1. The molecule has 3 N–H and O–H groups in total. The van der Waals surface area contributed by atoms with Gasteiger partial charge in [0.05, 0.1) is 6.61 Å². The zero-order valence-electron chi connectivity index (χ0n) is 12.5. The molecule has 6 nitrogen and oxygen atoms in total. The van der Waals surface area contributed by atoms with Crippen LogP contribution in [0.5, 0.6) is 0 Å². The van der Waals surface area contributed by atoms with E-state index >= 15 is 0 Å². The third-order valence-corrected chi connectivity index (χ3v) is 3.48. The first kappa shape index (κ1) is 16.5. The molecule has 1 atom stereocenters. The van der Waals surface area contributed by atoms with Crippen molar-refractivity contribution in [2.45, 2.75) is 32.0 Å². The van der Waals surface area contributed by atoms with Crippen molar-refractivity contribution >= 4 is 11.8 Å². The minimum atomic E-state index is -0.506. The Morgan fingerprint density at radius 2 is 1.95 bits per heavy atom. The first-order valence-corrected chi connectivity index (χ1v) is 7.58. The van der Waals surface area contributed by atoms with Gasteiger partial charge in [0.1, 0.15) is 0 Å². The van der Waals surface area contributed by atoms with Crippen molar-refractivity contribution in [2.75, 3.05) is 19.8 Å². The number of nitrogens with two attached hydrogens (primary N) is 1. The summed E-state index contributed by atoms with van der Waals surface area (Å²) >= 11 is 0. The highest BCUT2D eigenvalue weighted by Crippen LogP contribution is 2.13. The highest BCUT2D eigenvalue weighted by molar-refractivity contribution is 5.97. The van der Waals surface area contributed by atoms with Crippen molar-refractivity contribution in [3.63, 3.8) is 0 Å². The summed E-state index contributed by atoms with van der Waals surface area (Å²) < 4.78 is 11.0. The molecule has 120 valence electrons. The Morgan fingerprint density at radius 1 is 1.23 bits per heavy atom. The Bertz CT molecular complexity index is 495. The third-order valence-electron chi connectivity index (χ3n) is 3.48. The van der Waals surface area contributed by atoms with Gasteiger partial charge in [0, 0.05) is 24.3 Å². The summed E-state index contributed by atoms with van der Waals surface area (Å²) in [4.78, 5) is 22.9. The Balaban J connectivity index is 1.63. The van der Waals surface area contributed by atoms with Crippen LogP contribution in [0.15, 0.2) is 24.3 Å². The summed E-state index contributed by atoms with van der Waals surface area (Å²) in [5.74, 6) is -0.682. The fraction of sp³-hybridized carbons (Fsp3) is 0.500. The molecule has 0 spiro atoms. The van der Waals surface area contributed by atoms with Gasteiger partial charge in [0.15, 0.2) is 6.29 Å². The van der Waals surface area contributed by atoms with Crippen LogP contribution in [-0.4, -0.2) is 37.9 Å². The number of hydrogen-bond acceptors (Lipinski definition) is 4. The molecule has 0 unspecified atom stereocenters. The number of ether oxygens (including phenoxy) is 2. The topological polar surface area (TPSA) is 90.7 Å². The average Bonchev–Trinajstić information content (AvgIpc) is 2.55. The predicted molar refractivity (Wildman–Crippen MR) is 81.5 cm³/mol. The number of carbonyl (C=O) groups is 2. The summed E-state index contributed by atoms with van der Waals surface area (Å²) in [5, 5.41) is 2.81. The lowest BCUT2D eigenvalue weighted by Gasteiger charge is -2.22. The van der Waals surface area contributed by atoms with Crippen molar-refractivity contribution in [1.82, 2.24) is 5.32 Å². The molecule has 0 radical (unpaired) electrons. The average molecular weight is 306 g/mol. The van der Waals surface area contributed by atoms with E-state index in [9.17, 15) is 9.59 Å². The van der Waals surface area contributed by atoms with Gasteiger partial charge in [0.25, 0.3) is 5.91 Å². The van der Waals surface area contributed by atoms with E-state index in [2.05, 4.69) is 5.32 Å². The molecule has 1 aromatic carbocycles. The van der Waals surface area contributed by atoms with E-state index in [0.717, 1.165) is 32.3 Å². The van der Waals surface area contributed by atoms with Gasteiger partial charge < -0.3 is 20.5 Å². The van der Waals surface area contributed by atoms with E-state index in [1.165, 1.54) is 0 Å². The lowest BCUT2D eigenvalue weighted by Crippen LogP contribution is -2.27. The fourth-order valence-electron chi connectivity index (χ4n) is 2.22. The summed E-state index contributed by atoms with van der Waals surface area (Å²) in [7, 11) is 0. The van der Waals surface area contributed by atoms with Gasteiger partial charge in [-0.05, 0) is 49.9 Å². The molecule has 1 saturated heterocycles. The molecule has 1 aromatic rings. The second kappa shape index (κ2) is 8.51. The van der Waals surface area contributed by atoms with Crippen molar-refractivity contribution < 1.29 is 19.1 Å². The molecule has 1 aliphatic heterocycles. The van der Waals surface area contributed by atoms with E-state index in [1.54, 1.807) is 24.3 Å². The molecule has 0 saturated carbocycles. The first-order chi connectivity index (χ1) is 10.7. The van der Waals surface area contributed by atoms with Crippen molar-refractivity contribution in [3.8, 4) is 0 Å². The zero-order valence-corrected chi connectivity index (χ0v) is 12.5. The summed E-state index contributed by atoms with van der Waals surface area (Å²) in [6.45, 7) is 1.86. The number of rotatable bonds is 7. The van der Waals surface area contributed by atoms with Crippen LogP contribution in [0.3, 0.4) is 0 Å². The quantitative estimate of drug-likeness (QED) is 0.746. The molecular formula is C16H22N2O4. The van der Waals surface area contributed by atoms with Crippen LogP contribution in [0, 0.1) is 0 Å². The molecule has 22 heavy (non-hydrogen) atoms. The molecule has 0 aliphatic carbocycles. The highest BCUT2D eigenvalue weighted by atomic mass is 16.7. The smallest absolute Gasteiger partial charge is 0.251 e. The fourth-order valence-corrected chi connectivity index (χ4v) is 2.22. The molecule has 1 aliphatic rings. The van der Waals surface area contributed by atoms with E-state index in [1.807, 2.05) is 0 Å². The minimum absolute atomic E-state index is 0.0919. The van der Waals surface area contributed by atoms with Gasteiger partial charge in [-0.2, -0.15) is 0 Å². The SMILES string of the molecule is NC(=O)c1ccc(C(=O)NCCCO[C@@H]2CCCCO2)cc1. The molecular weight excluding hydrogens is 284 g/mol. The molecule has 0 bridgehead atoms. The molecule has 1 fully saturated rings. The number of hydrogen-bond donors (Lipinski definition) is 2. The molecule has 1 heterocycles. The first-order valence-electron chi connectivity index (χ1n) is 7.58. The van der Waals surface area contributed by atoms with Gasteiger partial charge in [-0.15, -0.1) is 0 Å². The Labute approximate surface area is 130 Å². The van der Waals surface area contributed by atoms with Crippen LogP contribution in [0.2, 0.25) is 0 Å². The van der Waals surface area contributed by atoms with Crippen LogP contribution in [0.1, 0.15) is 46.4 Å². The minimum Gasteiger partial charge on any atom is -0.366 e. The van der Waals surface area contributed by atoms with Crippen molar-refractivity contribution in [1.29, 1.82) is 0 Å². The van der Waals surface area contributed by atoms with Crippen molar-refractivity contribution in [2.24, 2.45) is 5.73 Å². The normalized spacial score (nSPS) is 17.9. The van der Waals surface area contributed by atoms with Gasteiger partial charge in [-0.3, -0.25) is 9.59 Å². The second-order valence-corrected chi connectivity index (χ2v) is 5.22. The molecule has 6 heteroatoms. The van der Waals surface area contributed by atoms with E-state index < -0.39 is 5.91 Å². The third kappa shape index (κ3) is 5.13. The second-order valence-electron chi connectivity index (χ2n) is 5.22. The maximum atomic E-state index is 11.9. The van der Waals surface area contributed by atoms with Crippen LogP contribution in [0.25, 0.3) is 0 Å². The number of amides is 2. The predicted octanol–water partition coefficient (Wildman–Crippen LogP) is 1.45. The van der Waals surface area contributed by atoms with Crippen molar-refractivity contribution in [3.05, 3.63) is 35.4 Å². The Hall–Kier alpha value is -1.92. The van der Waals surface area contributed by atoms with Gasteiger partial charge in [0.2, 0.25) is 5.91 Å². The lowest BCUT2D eigenvalue weighted by molar-refractivity contribution is -0.162. The summed E-state index contributed by atoms with van der Waals surface area (Å²) in [6.07, 6.45) is 3.82. The van der Waals surface area contributed by atoms with Gasteiger partial charge in [-0.25, -0.2) is 0 Å².